The quantitative estimate of drug-likeness (QED) is 0.895. The number of hydrogen-bond donors (Lipinski definition) is 1. The number of rotatable bonds is 5. The van der Waals surface area contributed by atoms with Crippen molar-refractivity contribution in [3.63, 3.8) is 0 Å². The van der Waals surface area contributed by atoms with Gasteiger partial charge in [0.2, 0.25) is 0 Å². The van der Waals surface area contributed by atoms with E-state index in [0.717, 1.165) is 26.2 Å². The second kappa shape index (κ2) is 6.85. The van der Waals surface area contributed by atoms with Crippen molar-refractivity contribution in [1.29, 1.82) is 0 Å². The van der Waals surface area contributed by atoms with Crippen LogP contribution in [0.15, 0.2) is 42.7 Å². The monoisotopic (exact) mass is 287 g/mol. The predicted molar refractivity (Wildman–Crippen MR) is 79.9 cm³/mol. The topological polar surface area (TPSA) is 50.5 Å². The van der Waals surface area contributed by atoms with Gasteiger partial charge in [-0.05, 0) is 17.2 Å². The molecular formula is C16H21N3O2. The first kappa shape index (κ1) is 14.3. The molecule has 5 heteroatoms. The number of nitrogens with zero attached hydrogens (tertiary/aromatic N) is 3. The third kappa shape index (κ3) is 3.69. The van der Waals surface area contributed by atoms with Gasteiger partial charge in [0.25, 0.3) is 0 Å². The second-order valence-electron chi connectivity index (χ2n) is 5.41. The van der Waals surface area contributed by atoms with Crippen LogP contribution in [0.4, 0.5) is 0 Å². The molecule has 1 aromatic carbocycles. The van der Waals surface area contributed by atoms with Crippen LogP contribution in [0.3, 0.4) is 0 Å². The fraction of sp³-hybridized carbons (Fsp3) is 0.438. The number of ether oxygens (including phenoxy) is 1. The Bertz CT molecular complexity index is 556. The minimum Gasteiger partial charge on any atom is -0.395 e. The van der Waals surface area contributed by atoms with Crippen LogP contribution >= 0.6 is 0 Å². The molecule has 0 amide bonds. The Hall–Kier alpha value is -1.69. The van der Waals surface area contributed by atoms with Crippen molar-refractivity contribution in [3.05, 3.63) is 53.9 Å². The Morgan fingerprint density at radius 1 is 1.24 bits per heavy atom. The number of morpholine rings is 1. The first-order valence-corrected chi connectivity index (χ1v) is 7.33. The van der Waals surface area contributed by atoms with E-state index in [-0.39, 0.29) is 12.6 Å². The molecule has 0 radical (unpaired) electrons. The summed E-state index contributed by atoms with van der Waals surface area (Å²) in [5.41, 5.74) is 2.50. The molecule has 5 nitrogen and oxygen atoms in total. The Morgan fingerprint density at radius 2 is 2.10 bits per heavy atom. The van der Waals surface area contributed by atoms with E-state index >= 15 is 0 Å². The lowest BCUT2D eigenvalue weighted by atomic mass is 10.1. The lowest BCUT2D eigenvalue weighted by molar-refractivity contribution is -0.0312. The van der Waals surface area contributed by atoms with Gasteiger partial charge in [-0.25, -0.2) is 0 Å². The van der Waals surface area contributed by atoms with Gasteiger partial charge in [-0.3, -0.25) is 9.58 Å². The summed E-state index contributed by atoms with van der Waals surface area (Å²) >= 11 is 0. The molecule has 0 saturated carbocycles. The molecule has 2 aromatic rings. The van der Waals surface area contributed by atoms with E-state index in [2.05, 4.69) is 34.3 Å². The van der Waals surface area contributed by atoms with Gasteiger partial charge in [-0.15, -0.1) is 0 Å². The van der Waals surface area contributed by atoms with Crippen molar-refractivity contribution in [3.8, 4) is 0 Å². The Balaban J connectivity index is 1.67. The van der Waals surface area contributed by atoms with E-state index < -0.39 is 0 Å². The fourth-order valence-corrected chi connectivity index (χ4v) is 2.71. The number of aromatic nitrogens is 2. The van der Waals surface area contributed by atoms with Crippen LogP contribution in [-0.2, 0) is 17.8 Å². The van der Waals surface area contributed by atoms with Gasteiger partial charge in [0.15, 0.2) is 0 Å². The fourth-order valence-electron chi connectivity index (χ4n) is 2.71. The summed E-state index contributed by atoms with van der Waals surface area (Å²) in [5.74, 6) is 0. The third-order valence-electron chi connectivity index (χ3n) is 3.84. The molecule has 2 heterocycles. The number of hydrogen-bond acceptors (Lipinski definition) is 4. The van der Waals surface area contributed by atoms with Crippen LogP contribution in [0.1, 0.15) is 11.1 Å². The average molecular weight is 287 g/mol. The van der Waals surface area contributed by atoms with E-state index in [1.54, 1.807) is 6.20 Å². The summed E-state index contributed by atoms with van der Waals surface area (Å²) in [6, 6.07) is 10.6. The van der Waals surface area contributed by atoms with Gasteiger partial charge in [0.1, 0.15) is 0 Å². The summed E-state index contributed by atoms with van der Waals surface area (Å²) in [6.45, 7) is 4.00. The molecule has 1 atom stereocenters. The number of benzene rings is 1. The molecule has 1 aliphatic heterocycles. The van der Waals surface area contributed by atoms with E-state index in [1.807, 2.05) is 16.9 Å². The normalized spacial score (nSPS) is 19.8. The highest BCUT2D eigenvalue weighted by atomic mass is 16.5. The van der Waals surface area contributed by atoms with Gasteiger partial charge in [0, 0.05) is 25.5 Å². The molecule has 1 saturated heterocycles. The van der Waals surface area contributed by atoms with Crippen LogP contribution in [0, 0.1) is 0 Å². The van der Waals surface area contributed by atoms with E-state index in [0.29, 0.717) is 6.61 Å². The Morgan fingerprint density at radius 3 is 2.86 bits per heavy atom. The number of aliphatic hydroxyl groups is 1. The zero-order chi connectivity index (χ0) is 14.5. The zero-order valence-corrected chi connectivity index (χ0v) is 12.1. The highest BCUT2D eigenvalue weighted by Gasteiger charge is 2.22. The average Bonchev–Trinajstić information content (AvgIpc) is 3.01. The van der Waals surface area contributed by atoms with Crippen molar-refractivity contribution in [1.82, 2.24) is 14.7 Å². The predicted octanol–water partition coefficient (Wildman–Crippen LogP) is 1.12. The molecule has 112 valence electrons. The highest BCUT2D eigenvalue weighted by molar-refractivity contribution is 5.23. The van der Waals surface area contributed by atoms with Crippen molar-refractivity contribution >= 4 is 0 Å². The van der Waals surface area contributed by atoms with E-state index in [4.69, 9.17) is 4.74 Å². The van der Waals surface area contributed by atoms with Gasteiger partial charge >= 0.3 is 0 Å². The maximum atomic E-state index is 9.43. The number of aliphatic hydroxyl groups excluding tert-OH is 1. The summed E-state index contributed by atoms with van der Waals surface area (Å²) in [4.78, 5) is 2.29. The molecule has 3 rings (SSSR count). The van der Waals surface area contributed by atoms with Crippen LogP contribution in [0.25, 0.3) is 0 Å². The Labute approximate surface area is 124 Å². The van der Waals surface area contributed by atoms with Crippen molar-refractivity contribution < 1.29 is 9.84 Å². The van der Waals surface area contributed by atoms with Crippen LogP contribution in [0.5, 0.6) is 0 Å². The van der Waals surface area contributed by atoms with Gasteiger partial charge < -0.3 is 9.84 Å². The van der Waals surface area contributed by atoms with E-state index in [9.17, 15) is 5.11 Å². The SMILES string of the molecule is OC[C@H]1COCCN1Cc1cccc(Cn2cccn2)c1. The minimum absolute atomic E-state index is 0.105. The molecule has 1 N–H and O–H groups in total. The highest BCUT2D eigenvalue weighted by Crippen LogP contribution is 2.14. The molecule has 0 unspecified atom stereocenters. The largest absolute Gasteiger partial charge is 0.395 e. The zero-order valence-electron chi connectivity index (χ0n) is 12.1. The standard InChI is InChI=1S/C16H21N3O2/c20-12-16-13-21-8-7-18(16)10-14-3-1-4-15(9-14)11-19-6-2-5-17-19/h1-6,9,16,20H,7-8,10-13H2/t16-/m0/s1. The van der Waals surface area contributed by atoms with Gasteiger partial charge in [-0.1, -0.05) is 24.3 Å². The molecule has 1 aromatic heterocycles. The lowest BCUT2D eigenvalue weighted by Crippen LogP contribution is -2.46. The maximum Gasteiger partial charge on any atom is 0.0659 e. The Kier molecular flexibility index (Phi) is 4.65. The maximum absolute atomic E-state index is 9.43. The van der Waals surface area contributed by atoms with Crippen molar-refractivity contribution in [2.24, 2.45) is 0 Å². The van der Waals surface area contributed by atoms with Crippen molar-refractivity contribution in [2.75, 3.05) is 26.4 Å². The third-order valence-corrected chi connectivity index (χ3v) is 3.84. The smallest absolute Gasteiger partial charge is 0.0659 e. The van der Waals surface area contributed by atoms with Gasteiger partial charge in [-0.2, -0.15) is 5.10 Å². The summed E-state index contributed by atoms with van der Waals surface area (Å²) in [7, 11) is 0. The van der Waals surface area contributed by atoms with Crippen molar-refractivity contribution in [2.45, 2.75) is 19.1 Å². The second-order valence-corrected chi connectivity index (χ2v) is 5.41. The van der Waals surface area contributed by atoms with Crippen LogP contribution in [0.2, 0.25) is 0 Å². The molecule has 0 spiro atoms. The van der Waals surface area contributed by atoms with E-state index in [1.165, 1.54) is 11.1 Å². The molecule has 0 aliphatic carbocycles. The first-order valence-electron chi connectivity index (χ1n) is 7.33. The van der Waals surface area contributed by atoms with Gasteiger partial charge in [0.05, 0.1) is 32.4 Å². The molecule has 1 fully saturated rings. The minimum atomic E-state index is 0.105. The first-order chi connectivity index (χ1) is 10.3. The lowest BCUT2D eigenvalue weighted by Gasteiger charge is -2.34. The summed E-state index contributed by atoms with van der Waals surface area (Å²) < 4.78 is 7.34. The molecule has 0 bridgehead atoms. The molecule has 1 aliphatic rings. The summed E-state index contributed by atoms with van der Waals surface area (Å²) in [5, 5.41) is 13.7. The van der Waals surface area contributed by atoms with Crippen LogP contribution < -0.4 is 0 Å². The summed E-state index contributed by atoms with van der Waals surface area (Å²) in [6.07, 6.45) is 3.76. The van der Waals surface area contributed by atoms with Crippen LogP contribution in [-0.4, -0.2) is 52.2 Å². The molecular weight excluding hydrogens is 266 g/mol. The molecule has 21 heavy (non-hydrogen) atoms.